The van der Waals surface area contributed by atoms with Gasteiger partial charge in [0.15, 0.2) is 0 Å². The van der Waals surface area contributed by atoms with E-state index in [9.17, 15) is 8.42 Å². The molecule has 0 aliphatic heterocycles. The maximum atomic E-state index is 12.7. The molecule has 0 aliphatic carbocycles. The minimum atomic E-state index is -4.06. The topological polar surface area (TPSA) is 83.1 Å². The van der Waals surface area contributed by atoms with Crippen LogP contribution >= 0.6 is 8.09 Å². The van der Waals surface area contributed by atoms with Gasteiger partial charge in [-0.2, -0.15) is 8.42 Å². The van der Waals surface area contributed by atoms with Gasteiger partial charge in [-0.1, -0.05) is 39.0 Å². The van der Waals surface area contributed by atoms with Crippen molar-refractivity contribution in [2.45, 2.75) is 104 Å². The molecule has 0 aromatic rings. The maximum Gasteiger partial charge on any atom is 0.483 e. The Morgan fingerprint density at radius 3 is 1.45 bits per heavy atom. The first-order valence-corrected chi connectivity index (χ1v) is 23.8. The Hall–Kier alpha value is 0.831. The summed E-state index contributed by atoms with van der Waals surface area (Å²) in [5, 5.41) is 0. The Kier molecular flexibility index (Phi) is 12.5. The van der Waals surface area contributed by atoms with E-state index < -0.39 is 43.4 Å². The zero-order valence-corrected chi connectivity index (χ0v) is 25.0. The normalized spacial score (nSPS) is 14.4. The van der Waals surface area contributed by atoms with Crippen LogP contribution in [0.4, 0.5) is 0 Å². The molecule has 0 aromatic heterocycles. The SMILES string of the molecule is CCCCCCCCOS(=O)(=O)N[P+](O[Si](C)(C)C)(O[Si](C)(C)C)O[Si](C)(C)C. The Morgan fingerprint density at radius 2 is 1.07 bits per heavy atom. The van der Waals surface area contributed by atoms with E-state index >= 15 is 0 Å². The van der Waals surface area contributed by atoms with Crippen LogP contribution in [0.1, 0.15) is 45.4 Å². The highest BCUT2D eigenvalue weighted by Crippen LogP contribution is 2.64. The number of hydrogen-bond acceptors (Lipinski definition) is 6. The molecule has 0 rings (SSSR count). The van der Waals surface area contributed by atoms with E-state index in [0.717, 1.165) is 12.8 Å². The molecule has 0 atom stereocenters. The third-order valence-corrected chi connectivity index (χ3v) is 14.9. The highest BCUT2D eigenvalue weighted by Gasteiger charge is 2.58. The number of hydrogen-bond donors (Lipinski definition) is 1. The quantitative estimate of drug-likeness (QED) is 0.147. The van der Waals surface area contributed by atoms with Gasteiger partial charge in [-0.15, -0.1) is 0 Å². The van der Waals surface area contributed by atoms with E-state index in [4.69, 9.17) is 16.8 Å². The molecule has 12 heteroatoms. The zero-order valence-electron chi connectivity index (χ0n) is 20.3. The van der Waals surface area contributed by atoms with Crippen LogP contribution < -0.4 is 4.49 Å². The van der Waals surface area contributed by atoms with Crippen LogP contribution in [-0.4, -0.2) is 40.0 Å². The smallest absolute Gasteiger partial charge is 0.256 e. The number of unbranched alkanes of at least 4 members (excludes halogenated alkanes) is 5. The first kappa shape index (κ1) is 29.8. The van der Waals surface area contributed by atoms with Crippen LogP contribution in [0.3, 0.4) is 0 Å². The lowest BCUT2D eigenvalue weighted by molar-refractivity contribution is 0.295. The molecule has 29 heavy (non-hydrogen) atoms. The van der Waals surface area contributed by atoms with Crippen molar-refractivity contribution >= 4 is 43.4 Å². The molecule has 0 aromatic carbocycles. The molecular formula is C17H45NO6PSSi3+. The van der Waals surface area contributed by atoms with Gasteiger partial charge in [-0.25, -0.2) is 12.6 Å². The van der Waals surface area contributed by atoms with E-state index in [1.807, 2.05) is 58.9 Å². The Labute approximate surface area is 183 Å². The molecule has 7 nitrogen and oxygen atoms in total. The molecule has 0 amide bonds. The van der Waals surface area contributed by atoms with Crippen molar-refractivity contribution in [2.75, 3.05) is 6.61 Å². The van der Waals surface area contributed by atoms with Gasteiger partial charge < -0.3 is 0 Å². The van der Waals surface area contributed by atoms with Crippen molar-refractivity contribution in [3.63, 3.8) is 0 Å². The van der Waals surface area contributed by atoms with E-state index in [2.05, 4.69) is 11.4 Å². The van der Waals surface area contributed by atoms with Gasteiger partial charge in [0.1, 0.15) is 0 Å². The van der Waals surface area contributed by atoms with Crippen molar-refractivity contribution in [1.29, 1.82) is 0 Å². The summed E-state index contributed by atoms with van der Waals surface area (Å²) in [5.41, 5.74) is 0. The minimum absolute atomic E-state index is 0.147. The van der Waals surface area contributed by atoms with Crippen molar-refractivity contribution < 1.29 is 25.2 Å². The first-order chi connectivity index (χ1) is 12.9. The monoisotopic (exact) mass is 506 g/mol. The fourth-order valence-electron chi connectivity index (χ4n) is 2.41. The molecule has 0 bridgehead atoms. The first-order valence-electron chi connectivity index (χ1n) is 10.6. The van der Waals surface area contributed by atoms with Gasteiger partial charge in [-0.3, -0.25) is 4.18 Å². The Bertz CT molecular complexity index is 532. The Balaban J connectivity index is 5.33. The van der Waals surface area contributed by atoms with Crippen LogP contribution in [0.15, 0.2) is 0 Å². The predicted octanol–water partition coefficient (Wildman–Crippen LogP) is 6.43. The predicted molar refractivity (Wildman–Crippen MR) is 132 cm³/mol. The largest absolute Gasteiger partial charge is 0.483 e. The van der Waals surface area contributed by atoms with Gasteiger partial charge in [-0.05, 0) is 65.3 Å². The van der Waals surface area contributed by atoms with Crippen molar-refractivity contribution in [2.24, 2.45) is 0 Å². The second kappa shape index (κ2) is 12.2. The standard InChI is InChI=1S/C17H45NO6PSSi3/c1-11-12-13-14-15-16-17-21-26(19,20)18-25(22-27(2,3)4,23-28(5,6)7)24-29(8,9)10/h18H,11-17H2,1-10H3/q+1. The summed E-state index contributed by atoms with van der Waals surface area (Å²) in [4.78, 5) is 0. The van der Waals surface area contributed by atoms with Crippen molar-refractivity contribution in [3.05, 3.63) is 0 Å². The second-order valence-corrected chi connectivity index (χ2v) is 28.0. The molecule has 0 radical (unpaired) electrons. The van der Waals surface area contributed by atoms with E-state index in [1.54, 1.807) is 0 Å². The van der Waals surface area contributed by atoms with Crippen LogP contribution in [-0.2, 0) is 27.1 Å². The lowest BCUT2D eigenvalue weighted by Gasteiger charge is -2.33. The number of nitrogens with one attached hydrogen (secondary N) is 1. The van der Waals surface area contributed by atoms with Gasteiger partial charge in [0, 0.05) is 4.49 Å². The van der Waals surface area contributed by atoms with Crippen LogP contribution in [0.25, 0.3) is 0 Å². The summed E-state index contributed by atoms with van der Waals surface area (Å²) in [6.07, 6.45) is 6.33. The summed E-state index contributed by atoms with van der Waals surface area (Å²) >= 11 is 0. The summed E-state index contributed by atoms with van der Waals surface area (Å²) < 4.78 is 52.2. The Morgan fingerprint density at radius 1 is 0.690 bits per heavy atom. The highest BCUT2D eigenvalue weighted by atomic mass is 32.2. The molecule has 0 saturated carbocycles. The van der Waals surface area contributed by atoms with Gasteiger partial charge >= 0.3 is 18.4 Å². The van der Waals surface area contributed by atoms with E-state index in [1.165, 1.54) is 19.3 Å². The molecule has 1 N–H and O–H groups in total. The molecular weight excluding hydrogens is 461 g/mol. The third-order valence-electron chi connectivity index (χ3n) is 3.14. The molecule has 0 unspecified atom stereocenters. The van der Waals surface area contributed by atoms with E-state index in [-0.39, 0.29) is 6.61 Å². The molecule has 0 aliphatic rings. The van der Waals surface area contributed by atoms with Crippen LogP contribution in [0.2, 0.25) is 58.9 Å². The number of rotatable bonds is 16. The van der Waals surface area contributed by atoms with Gasteiger partial charge in [0.25, 0.3) is 25.0 Å². The molecule has 0 spiro atoms. The summed E-state index contributed by atoms with van der Waals surface area (Å²) in [6, 6.07) is 0. The third kappa shape index (κ3) is 17.1. The molecule has 176 valence electrons. The average Bonchev–Trinajstić information content (AvgIpc) is 2.39. The summed E-state index contributed by atoms with van der Waals surface area (Å²) in [7, 11) is -14.0. The molecule has 0 heterocycles. The summed E-state index contributed by atoms with van der Waals surface area (Å²) in [6.45, 7) is 20.3. The average molecular weight is 507 g/mol. The van der Waals surface area contributed by atoms with Crippen molar-refractivity contribution in [3.8, 4) is 0 Å². The zero-order chi connectivity index (χ0) is 23.0. The second-order valence-electron chi connectivity index (χ2n) is 10.2. The molecule has 0 saturated heterocycles. The minimum Gasteiger partial charge on any atom is -0.256 e. The summed E-state index contributed by atoms with van der Waals surface area (Å²) in [5.74, 6) is 0. The van der Waals surface area contributed by atoms with E-state index in [0.29, 0.717) is 6.42 Å². The maximum absolute atomic E-state index is 12.7. The lowest BCUT2D eigenvalue weighted by Crippen LogP contribution is -2.44. The molecule has 0 fully saturated rings. The van der Waals surface area contributed by atoms with Crippen molar-refractivity contribution in [1.82, 2.24) is 4.49 Å². The fraction of sp³-hybridized carbons (Fsp3) is 1.00. The highest BCUT2D eigenvalue weighted by molar-refractivity contribution is 7.92. The van der Waals surface area contributed by atoms with Crippen LogP contribution in [0, 0.1) is 0 Å². The fourth-order valence-corrected chi connectivity index (χ4v) is 15.6. The van der Waals surface area contributed by atoms with Gasteiger partial charge in [0.2, 0.25) is 0 Å². The lowest BCUT2D eigenvalue weighted by atomic mass is 10.1. The van der Waals surface area contributed by atoms with Crippen LogP contribution in [0.5, 0.6) is 0 Å². The van der Waals surface area contributed by atoms with Gasteiger partial charge in [0.05, 0.1) is 6.61 Å².